The van der Waals surface area contributed by atoms with Gasteiger partial charge in [0, 0.05) is 5.56 Å². The fourth-order valence-corrected chi connectivity index (χ4v) is 2.49. The summed E-state index contributed by atoms with van der Waals surface area (Å²) in [7, 11) is -4.05. The fraction of sp³-hybridized carbons (Fsp3) is 0.294. The summed E-state index contributed by atoms with van der Waals surface area (Å²) in [6, 6.07) is 9.19. The lowest BCUT2D eigenvalue weighted by Gasteiger charge is -2.18. The van der Waals surface area contributed by atoms with Crippen LogP contribution in [0.3, 0.4) is 0 Å². The fourth-order valence-electron chi connectivity index (χ4n) is 2.02. The van der Waals surface area contributed by atoms with Crippen molar-refractivity contribution in [2.45, 2.75) is 31.3 Å². The van der Waals surface area contributed by atoms with E-state index in [1.54, 1.807) is 12.1 Å². The van der Waals surface area contributed by atoms with Crippen molar-refractivity contribution in [2.24, 2.45) is 5.14 Å². The Morgan fingerprint density at radius 3 is 2.16 bits per heavy atom. The van der Waals surface area contributed by atoms with E-state index in [0.717, 1.165) is 17.7 Å². The molecule has 2 rings (SSSR count). The lowest BCUT2D eigenvalue weighted by atomic mass is 9.86. The van der Waals surface area contributed by atoms with Gasteiger partial charge < -0.3 is 9.15 Å². The zero-order valence-electron chi connectivity index (χ0n) is 14.1. The largest absolute Gasteiger partial charge is 0.451 e. The Hall–Kier alpha value is -2.45. The Kier molecular flexibility index (Phi) is 5.15. The highest BCUT2D eigenvalue weighted by Crippen LogP contribution is 2.22. The molecule has 0 spiro atoms. The van der Waals surface area contributed by atoms with Crippen LogP contribution < -0.4 is 5.14 Å². The Bertz CT molecular complexity index is 888. The number of esters is 1. The lowest BCUT2D eigenvalue weighted by Crippen LogP contribution is -2.15. The molecule has 0 aliphatic rings. The van der Waals surface area contributed by atoms with Crippen molar-refractivity contribution < 1.29 is 27.2 Å². The molecule has 7 nitrogen and oxygen atoms in total. The van der Waals surface area contributed by atoms with Gasteiger partial charge in [0.25, 0.3) is 10.0 Å². The van der Waals surface area contributed by atoms with E-state index in [0.29, 0.717) is 5.56 Å². The molecule has 0 saturated heterocycles. The topological polar surface area (TPSA) is 117 Å². The zero-order chi connectivity index (χ0) is 18.8. The molecule has 25 heavy (non-hydrogen) atoms. The van der Waals surface area contributed by atoms with Gasteiger partial charge in [-0.1, -0.05) is 45.0 Å². The van der Waals surface area contributed by atoms with Gasteiger partial charge >= 0.3 is 5.97 Å². The molecule has 0 atom stereocenters. The maximum absolute atomic E-state index is 12.1. The quantitative estimate of drug-likeness (QED) is 0.642. The first-order valence-electron chi connectivity index (χ1n) is 7.42. The maximum atomic E-state index is 12.1. The molecule has 0 saturated carbocycles. The average Bonchev–Trinajstić information content (AvgIpc) is 3.02. The third-order valence-electron chi connectivity index (χ3n) is 3.47. The Labute approximate surface area is 145 Å². The first-order valence-corrected chi connectivity index (χ1v) is 8.96. The molecule has 1 aromatic carbocycles. The summed E-state index contributed by atoms with van der Waals surface area (Å²) in [6.45, 7) is 5.69. The molecule has 134 valence electrons. The number of sulfonamides is 1. The molecule has 0 aliphatic carbocycles. The van der Waals surface area contributed by atoms with Gasteiger partial charge in [-0.25, -0.2) is 18.4 Å². The minimum absolute atomic E-state index is 0.0334. The van der Waals surface area contributed by atoms with Gasteiger partial charge in [-0.15, -0.1) is 0 Å². The number of carbonyl (C=O) groups is 2. The second-order valence-electron chi connectivity index (χ2n) is 6.49. The second-order valence-corrected chi connectivity index (χ2v) is 7.98. The van der Waals surface area contributed by atoms with E-state index < -0.39 is 27.7 Å². The van der Waals surface area contributed by atoms with Crippen LogP contribution in [-0.4, -0.2) is 26.8 Å². The van der Waals surface area contributed by atoms with Crippen molar-refractivity contribution in [3.63, 3.8) is 0 Å². The van der Waals surface area contributed by atoms with Crippen molar-refractivity contribution >= 4 is 21.8 Å². The molecule has 2 aromatic rings. The van der Waals surface area contributed by atoms with Crippen LogP contribution in [0.2, 0.25) is 0 Å². The normalized spacial score (nSPS) is 12.0. The Morgan fingerprint density at radius 1 is 1.08 bits per heavy atom. The first-order chi connectivity index (χ1) is 11.5. The van der Waals surface area contributed by atoms with Crippen LogP contribution >= 0.6 is 0 Å². The molecule has 8 heteroatoms. The first kappa shape index (κ1) is 18.9. The summed E-state index contributed by atoms with van der Waals surface area (Å²) in [4.78, 5) is 23.9. The van der Waals surface area contributed by atoms with Crippen LogP contribution in [0.25, 0.3) is 0 Å². The van der Waals surface area contributed by atoms with E-state index in [2.05, 4.69) is 20.8 Å². The van der Waals surface area contributed by atoms with Gasteiger partial charge in [-0.3, -0.25) is 4.79 Å². The second kappa shape index (κ2) is 6.81. The number of furan rings is 1. The minimum atomic E-state index is -4.05. The summed E-state index contributed by atoms with van der Waals surface area (Å²) in [6.07, 6.45) is 0. The van der Waals surface area contributed by atoms with E-state index in [1.807, 2.05) is 12.1 Å². The lowest BCUT2D eigenvalue weighted by molar-refractivity contribution is 0.0439. The van der Waals surface area contributed by atoms with Gasteiger partial charge in [0.05, 0.1) is 0 Å². The van der Waals surface area contributed by atoms with Gasteiger partial charge in [-0.05, 0) is 23.1 Å². The Balaban J connectivity index is 2.00. The van der Waals surface area contributed by atoms with Crippen molar-refractivity contribution in [2.75, 3.05) is 6.61 Å². The van der Waals surface area contributed by atoms with Crippen molar-refractivity contribution in [3.05, 3.63) is 53.3 Å². The molecule has 2 N–H and O–H groups in total. The third-order valence-corrected chi connectivity index (χ3v) is 4.25. The van der Waals surface area contributed by atoms with Crippen LogP contribution in [0.15, 0.2) is 45.9 Å². The van der Waals surface area contributed by atoms with Crippen LogP contribution in [0.1, 0.15) is 47.2 Å². The number of Topliss-reactive ketones (excluding diaryl/α,β-unsaturated/α-hetero) is 1. The molecular weight excluding hydrogens is 346 g/mol. The standard InChI is InChI=1S/C17H19NO6S/c1-17(2,3)12-6-4-11(5-7-12)13(19)10-23-16(20)14-8-9-15(24-14)25(18,21)22/h4-9H,10H2,1-3H3,(H2,18,21,22). The average molecular weight is 365 g/mol. The number of primary sulfonamides is 1. The van der Waals surface area contributed by atoms with E-state index >= 15 is 0 Å². The van der Waals surface area contributed by atoms with Crippen molar-refractivity contribution in [3.8, 4) is 0 Å². The van der Waals surface area contributed by atoms with Gasteiger partial charge in [0.15, 0.2) is 12.4 Å². The summed E-state index contributed by atoms with van der Waals surface area (Å²) < 4.78 is 31.8. The predicted molar refractivity (Wildman–Crippen MR) is 89.8 cm³/mol. The number of ether oxygens (including phenoxy) is 1. The number of hydrogen-bond acceptors (Lipinski definition) is 6. The predicted octanol–water partition coefficient (Wildman–Crippen LogP) is 2.26. The summed E-state index contributed by atoms with van der Waals surface area (Å²) in [5, 5.41) is 4.33. The molecule has 0 fully saturated rings. The molecule has 0 radical (unpaired) electrons. The van der Waals surface area contributed by atoms with Crippen LogP contribution in [0.4, 0.5) is 0 Å². The maximum Gasteiger partial charge on any atom is 0.374 e. The summed E-state index contributed by atoms with van der Waals surface area (Å²) >= 11 is 0. The summed E-state index contributed by atoms with van der Waals surface area (Å²) in [5.41, 5.74) is 1.45. The highest BCUT2D eigenvalue weighted by Gasteiger charge is 2.20. The number of rotatable bonds is 5. The Morgan fingerprint density at radius 2 is 1.68 bits per heavy atom. The molecule has 0 aliphatic heterocycles. The van der Waals surface area contributed by atoms with Crippen LogP contribution in [-0.2, 0) is 20.2 Å². The van der Waals surface area contributed by atoms with Crippen molar-refractivity contribution in [1.29, 1.82) is 0 Å². The number of benzene rings is 1. The van der Waals surface area contributed by atoms with Crippen LogP contribution in [0.5, 0.6) is 0 Å². The van der Waals surface area contributed by atoms with E-state index in [1.165, 1.54) is 0 Å². The number of ketones is 1. The zero-order valence-corrected chi connectivity index (χ0v) is 14.9. The summed E-state index contributed by atoms with van der Waals surface area (Å²) in [5.74, 6) is -1.68. The van der Waals surface area contributed by atoms with E-state index in [9.17, 15) is 18.0 Å². The van der Waals surface area contributed by atoms with Gasteiger partial charge in [0.2, 0.25) is 10.9 Å². The number of carbonyl (C=O) groups excluding carboxylic acids is 2. The molecule has 0 amide bonds. The molecule has 0 unspecified atom stereocenters. The smallest absolute Gasteiger partial charge is 0.374 e. The van der Waals surface area contributed by atoms with E-state index in [4.69, 9.17) is 14.3 Å². The van der Waals surface area contributed by atoms with E-state index in [-0.39, 0.29) is 17.0 Å². The van der Waals surface area contributed by atoms with Gasteiger partial charge in [-0.2, -0.15) is 0 Å². The molecular formula is C17H19NO6S. The number of nitrogens with two attached hydrogens (primary N) is 1. The SMILES string of the molecule is CC(C)(C)c1ccc(C(=O)COC(=O)c2ccc(S(N)(=O)=O)o2)cc1. The van der Waals surface area contributed by atoms with Crippen LogP contribution in [0, 0.1) is 0 Å². The molecule has 0 bridgehead atoms. The number of hydrogen-bond donors (Lipinski definition) is 1. The minimum Gasteiger partial charge on any atom is -0.451 e. The monoisotopic (exact) mass is 365 g/mol. The van der Waals surface area contributed by atoms with Crippen molar-refractivity contribution in [1.82, 2.24) is 0 Å². The molecule has 1 aromatic heterocycles. The highest BCUT2D eigenvalue weighted by atomic mass is 32.2. The van der Waals surface area contributed by atoms with Gasteiger partial charge in [0.1, 0.15) is 0 Å². The third kappa shape index (κ3) is 4.77. The highest BCUT2D eigenvalue weighted by molar-refractivity contribution is 7.89. The molecule has 1 heterocycles.